The van der Waals surface area contributed by atoms with E-state index in [-0.39, 0.29) is 6.04 Å². The smallest absolute Gasteiger partial charge is 0.126 e. The molecule has 0 spiro atoms. The van der Waals surface area contributed by atoms with E-state index in [9.17, 15) is 0 Å². The maximum absolute atomic E-state index is 5.72. The number of rotatable bonds is 5. The van der Waals surface area contributed by atoms with Crippen LogP contribution >= 0.6 is 0 Å². The molecule has 3 N–H and O–H groups in total. The van der Waals surface area contributed by atoms with Crippen molar-refractivity contribution in [2.24, 2.45) is 5.92 Å². The van der Waals surface area contributed by atoms with E-state index in [1.54, 1.807) is 7.11 Å². The highest BCUT2D eigenvalue weighted by Gasteiger charge is 2.13. The molecule has 4 heteroatoms. The van der Waals surface area contributed by atoms with Crippen molar-refractivity contribution in [3.05, 3.63) is 17.8 Å². The summed E-state index contributed by atoms with van der Waals surface area (Å²) in [7, 11) is 1.71. The molecule has 0 saturated heterocycles. The van der Waals surface area contributed by atoms with Crippen LogP contribution < -0.4 is 11.1 Å². The number of pyridine rings is 1. The van der Waals surface area contributed by atoms with Gasteiger partial charge in [-0.1, -0.05) is 13.8 Å². The molecule has 0 aromatic carbocycles. The van der Waals surface area contributed by atoms with Gasteiger partial charge >= 0.3 is 0 Å². The average Bonchev–Trinajstić information content (AvgIpc) is 2.22. The van der Waals surface area contributed by atoms with Crippen molar-refractivity contribution in [2.75, 3.05) is 24.8 Å². The van der Waals surface area contributed by atoms with Gasteiger partial charge in [-0.25, -0.2) is 4.98 Å². The fourth-order valence-corrected chi connectivity index (χ4v) is 1.42. The fraction of sp³-hybridized carbons (Fsp3) is 0.583. The minimum atomic E-state index is 0.264. The highest BCUT2D eigenvalue weighted by molar-refractivity contribution is 5.49. The van der Waals surface area contributed by atoms with Gasteiger partial charge < -0.3 is 15.8 Å². The number of nitrogens with one attached hydrogen (secondary N) is 1. The van der Waals surface area contributed by atoms with Crippen LogP contribution in [-0.2, 0) is 4.74 Å². The predicted octanol–water partition coefficient (Wildman–Crippen LogP) is 2.06. The van der Waals surface area contributed by atoms with Crippen molar-refractivity contribution in [1.82, 2.24) is 4.98 Å². The Morgan fingerprint density at radius 2 is 2.12 bits per heavy atom. The van der Waals surface area contributed by atoms with Gasteiger partial charge in [-0.3, -0.25) is 0 Å². The lowest BCUT2D eigenvalue weighted by Crippen LogP contribution is -2.30. The van der Waals surface area contributed by atoms with E-state index in [1.807, 2.05) is 19.1 Å². The largest absolute Gasteiger partial charge is 0.397 e. The summed E-state index contributed by atoms with van der Waals surface area (Å²) in [6.45, 7) is 6.88. The number of aromatic nitrogens is 1. The second kappa shape index (κ2) is 5.70. The van der Waals surface area contributed by atoms with Crippen LogP contribution in [0.5, 0.6) is 0 Å². The lowest BCUT2D eigenvalue weighted by Gasteiger charge is -2.22. The van der Waals surface area contributed by atoms with Crippen LogP contribution in [0.2, 0.25) is 0 Å². The van der Waals surface area contributed by atoms with Crippen molar-refractivity contribution in [2.45, 2.75) is 26.8 Å². The van der Waals surface area contributed by atoms with Gasteiger partial charge in [-0.15, -0.1) is 0 Å². The SMILES string of the molecule is COCC(Nc1ccc(N)c(C)n1)C(C)C. The van der Waals surface area contributed by atoms with Crippen molar-refractivity contribution in [3.8, 4) is 0 Å². The maximum Gasteiger partial charge on any atom is 0.126 e. The Morgan fingerprint density at radius 1 is 1.44 bits per heavy atom. The van der Waals surface area contributed by atoms with Gasteiger partial charge in [0.25, 0.3) is 0 Å². The molecule has 1 aromatic heterocycles. The predicted molar refractivity (Wildman–Crippen MR) is 67.5 cm³/mol. The highest BCUT2D eigenvalue weighted by atomic mass is 16.5. The van der Waals surface area contributed by atoms with E-state index in [2.05, 4.69) is 24.1 Å². The Kier molecular flexibility index (Phi) is 4.55. The number of nitrogens with zero attached hydrogens (tertiary/aromatic N) is 1. The number of nitrogen functional groups attached to an aromatic ring is 1. The molecule has 0 amide bonds. The summed E-state index contributed by atoms with van der Waals surface area (Å²) in [5.74, 6) is 1.34. The average molecular weight is 223 g/mol. The summed E-state index contributed by atoms with van der Waals surface area (Å²) in [5, 5.41) is 3.36. The minimum absolute atomic E-state index is 0.264. The van der Waals surface area contributed by atoms with Gasteiger partial charge in [-0.05, 0) is 25.0 Å². The number of nitrogens with two attached hydrogens (primary N) is 1. The van der Waals surface area contributed by atoms with Crippen molar-refractivity contribution >= 4 is 11.5 Å². The van der Waals surface area contributed by atoms with E-state index < -0.39 is 0 Å². The first-order valence-corrected chi connectivity index (χ1v) is 5.53. The zero-order chi connectivity index (χ0) is 12.1. The second-order valence-electron chi connectivity index (χ2n) is 4.32. The van der Waals surface area contributed by atoms with Crippen LogP contribution in [0, 0.1) is 12.8 Å². The Labute approximate surface area is 97.2 Å². The molecule has 0 fully saturated rings. The standard InChI is InChI=1S/C12H21N3O/c1-8(2)11(7-16-4)15-12-6-5-10(13)9(3)14-12/h5-6,8,11H,7,13H2,1-4H3,(H,14,15). The zero-order valence-electron chi connectivity index (χ0n) is 10.4. The Bertz CT molecular complexity index is 339. The third-order valence-corrected chi connectivity index (χ3v) is 2.61. The summed E-state index contributed by atoms with van der Waals surface area (Å²) in [6.07, 6.45) is 0. The number of ether oxygens (including phenoxy) is 1. The lowest BCUT2D eigenvalue weighted by molar-refractivity contribution is 0.171. The summed E-state index contributed by atoms with van der Waals surface area (Å²) >= 11 is 0. The van der Waals surface area contributed by atoms with Crippen LogP contribution in [0.25, 0.3) is 0 Å². The fourth-order valence-electron chi connectivity index (χ4n) is 1.42. The highest BCUT2D eigenvalue weighted by Crippen LogP contribution is 2.15. The second-order valence-corrected chi connectivity index (χ2v) is 4.32. The Balaban J connectivity index is 2.73. The van der Waals surface area contributed by atoms with Crippen LogP contribution in [0.4, 0.5) is 11.5 Å². The van der Waals surface area contributed by atoms with Crippen molar-refractivity contribution < 1.29 is 4.74 Å². The summed E-state index contributed by atoms with van der Waals surface area (Å²) in [5.41, 5.74) is 7.30. The first-order valence-electron chi connectivity index (χ1n) is 5.53. The van der Waals surface area contributed by atoms with Crippen LogP contribution in [0.3, 0.4) is 0 Å². The summed E-state index contributed by atoms with van der Waals surface area (Å²) < 4.78 is 5.18. The zero-order valence-corrected chi connectivity index (χ0v) is 10.4. The van der Waals surface area contributed by atoms with E-state index >= 15 is 0 Å². The number of aryl methyl sites for hydroxylation is 1. The van der Waals surface area contributed by atoms with Crippen LogP contribution in [-0.4, -0.2) is 24.7 Å². The van der Waals surface area contributed by atoms with Crippen LogP contribution in [0.1, 0.15) is 19.5 Å². The number of methoxy groups -OCH3 is 1. The number of hydrogen-bond donors (Lipinski definition) is 2. The van der Waals surface area contributed by atoms with E-state index in [1.165, 1.54) is 0 Å². The molecule has 1 heterocycles. The van der Waals surface area contributed by atoms with Crippen molar-refractivity contribution in [1.29, 1.82) is 0 Å². The molecule has 16 heavy (non-hydrogen) atoms. The monoisotopic (exact) mass is 223 g/mol. The molecule has 0 bridgehead atoms. The molecule has 90 valence electrons. The first kappa shape index (κ1) is 12.8. The quantitative estimate of drug-likeness (QED) is 0.802. The number of hydrogen-bond acceptors (Lipinski definition) is 4. The van der Waals surface area contributed by atoms with E-state index in [4.69, 9.17) is 10.5 Å². The number of anilines is 2. The molecule has 0 aliphatic heterocycles. The van der Waals surface area contributed by atoms with Gasteiger partial charge in [0, 0.05) is 7.11 Å². The molecule has 0 aliphatic rings. The maximum atomic E-state index is 5.72. The molecule has 1 unspecified atom stereocenters. The third-order valence-electron chi connectivity index (χ3n) is 2.61. The van der Waals surface area contributed by atoms with E-state index in [0.717, 1.165) is 17.2 Å². The normalized spacial score (nSPS) is 12.8. The molecule has 4 nitrogen and oxygen atoms in total. The molecule has 1 aromatic rings. The molecular formula is C12H21N3O. The van der Waals surface area contributed by atoms with Gasteiger partial charge in [0.05, 0.1) is 24.0 Å². The topological polar surface area (TPSA) is 60.2 Å². The Morgan fingerprint density at radius 3 is 2.62 bits per heavy atom. The molecule has 1 rings (SSSR count). The molecule has 0 radical (unpaired) electrons. The van der Waals surface area contributed by atoms with Gasteiger partial charge in [0.2, 0.25) is 0 Å². The van der Waals surface area contributed by atoms with Crippen molar-refractivity contribution in [3.63, 3.8) is 0 Å². The third kappa shape index (κ3) is 3.38. The molecule has 1 atom stereocenters. The van der Waals surface area contributed by atoms with Gasteiger partial charge in [0.1, 0.15) is 5.82 Å². The summed E-state index contributed by atoms with van der Waals surface area (Å²) in [4.78, 5) is 4.39. The van der Waals surface area contributed by atoms with E-state index in [0.29, 0.717) is 12.5 Å². The Hall–Kier alpha value is -1.29. The molecule has 0 saturated carbocycles. The summed E-state index contributed by atoms with van der Waals surface area (Å²) in [6, 6.07) is 4.03. The molecular weight excluding hydrogens is 202 g/mol. The van der Waals surface area contributed by atoms with Crippen LogP contribution in [0.15, 0.2) is 12.1 Å². The van der Waals surface area contributed by atoms with Gasteiger partial charge in [0.15, 0.2) is 0 Å². The minimum Gasteiger partial charge on any atom is -0.397 e. The molecule has 0 aliphatic carbocycles. The van der Waals surface area contributed by atoms with Gasteiger partial charge in [-0.2, -0.15) is 0 Å². The first-order chi connectivity index (χ1) is 7.54. The lowest BCUT2D eigenvalue weighted by atomic mass is 10.1.